The van der Waals surface area contributed by atoms with E-state index in [0.717, 1.165) is 0 Å². The summed E-state index contributed by atoms with van der Waals surface area (Å²) in [6.07, 6.45) is 0.601. The predicted molar refractivity (Wildman–Crippen MR) is 207 cm³/mol. The van der Waals surface area contributed by atoms with Crippen LogP contribution < -0.4 is 55.3 Å². The number of carbonyl (C=O) groups is 8. The zero-order valence-corrected chi connectivity index (χ0v) is 32.6. The van der Waals surface area contributed by atoms with Crippen LogP contribution in [0.3, 0.4) is 0 Å². The average Bonchev–Trinajstić information content (AvgIpc) is 3.11. The average molecular weight is 819 g/mol. The zero-order valence-electron chi connectivity index (χ0n) is 31.8. The van der Waals surface area contributed by atoms with E-state index in [2.05, 4.69) is 36.6 Å². The summed E-state index contributed by atoms with van der Waals surface area (Å²) in [5, 5.41) is 40.4. The molecule has 0 bridgehead atoms. The fourth-order valence-corrected chi connectivity index (χ4v) is 5.37. The molecule has 0 aromatic heterocycles. The predicted octanol–water partition coefficient (Wildman–Crippen LogP) is -3.93. The van der Waals surface area contributed by atoms with Crippen LogP contribution in [0.25, 0.3) is 0 Å². The number of nitrogens with two attached hydrogens (primary N) is 5. The Morgan fingerprint density at radius 2 is 1.07 bits per heavy atom. The Hall–Kier alpha value is -5.39. The molecule has 318 valence electrons. The third-order valence-corrected chi connectivity index (χ3v) is 8.83. The van der Waals surface area contributed by atoms with Crippen LogP contribution in [0.2, 0.25) is 0 Å². The molecule has 0 radical (unpaired) electrons. The number of carboxylic acid groups (broad SMARTS) is 3. The minimum absolute atomic E-state index is 0.0218. The molecule has 0 fully saturated rings. The van der Waals surface area contributed by atoms with Gasteiger partial charge in [0.05, 0.1) is 12.5 Å². The summed E-state index contributed by atoms with van der Waals surface area (Å²) in [6, 6.07) is -8.37. The van der Waals surface area contributed by atoms with Crippen LogP contribution in [0.5, 0.6) is 0 Å². The van der Waals surface area contributed by atoms with E-state index in [1.165, 1.54) is 11.8 Å². The van der Waals surface area contributed by atoms with E-state index < -0.39 is 109 Å². The molecule has 18 N–H and O–H groups in total. The van der Waals surface area contributed by atoms with Gasteiger partial charge in [0.1, 0.15) is 30.2 Å². The summed E-state index contributed by atoms with van der Waals surface area (Å²) in [6.45, 7) is 3.51. The monoisotopic (exact) mass is 818 g/mol. The second kappa shape index (κ2) is 27.2. The van der Waals surface area contributed by atoms with E-state index in [0.29, 0.717) is 12.2 Å². The van der Waals surface area contributed by atoms with Crippen molar-refractivity contribution in [3.63, 3.8) is 0 Å². The molecule has 0 spiro atoms. The Kier molecular flexibility index (Phi) is 24.6. The highest BCUT2D eigenvalue weighted by molar-refractivity contribution is 7.98. The number of thioether (sulfide) groups is 1. The summed E-state index contributed by atoms with van der Waals surface area (Å²) >= 11 is 1.36. The lowest BCUT2D eigenvalue weighted by Crippen LogP contribution is -2.60. The number of amides is 5. The molecule has 0 heterocycles. The van der Waals surface area contributed by atoms with Gasteiger partial charge < -0.3 is 70.6 Å². The zero-order chi connectivity index (χ0) is 43.0. The van der Waals surface area contributed by atoms with E-state index in [9.17, 15) is 48.6 Å². The van der Waals surface area contributed by atoms with Crippen LogP contribution in [0.15, 0.2) is 9.98 Å². The highest BCUT2D eigenvalue weighted by Gasteiger charge is 2.34. The van der Waals surface area contributed by atoms with Gasteiger partial charge in [-0.05, 0) is 56.5 Å². The van der Waals surface area contributed by atoms with Crippen molar-refractivity contribution in [2.75, 3.05) is 25.1 Å². The fourth-order valence-electron chi connectivity index (χ4n) is 4.90. The highest BCUT2D eigenvalue weighted by Crippen LogP contribution is 2.12. The third-order valence-electron chi connectivity index (χ3n) is 8.19. The summed E-state index contributed by atoms with van der Waals surface area (Å²) in [7, 11) is 0. The highest BCUT2D eigenvalue weighted by atomic mass is 32.2. The van der Waals surface area contributed by atoms with Crippen LogP contribution in [-0.4, -0.2) is 136 Å². The first kappa shape index (κ1) is 50.6. The summed E-state index contributed by atoms with van der Waals surface area (Å²) in [4.78, 5) is 109. The molecule has 0 aromatic carbocycles. The second-order valence-corrected chi connectivity index (χ2v) is 13.8. The van der Waals surface area contributed by atoms with Crippen LogP contribution >= 0.6 is 11.8 Å². The second-order valence-electron chi connectivity index (χ2n) is 12.8. The van der Waals surface area contributed by atoms with Gasteiger partial charge in [-0.3, -0.25) is 43.5 Å². The number of hydrogen-bond donors (Lipinski definition) is 13. The molecule has 0 aliphatic carbocycles. The number of carbonyl (C=O) groups excluding carboxylic acids is 5. The van der Waals surface area contributed by atoms with Crippen molar-refractivity contribution in [3.8, 4) is 0 Å². The van der Waals surface area contributed by atoms with E-state index in [4.69, 9.17) is 33.8 Å². The van der Waals surface area contributed by atoms with Gasteiger partial charge in [-0.15, -0.1) is 0 Å². The smallest absolute Gasteiger partial charge is 0.326 e. The maximum Gasteiger partial charge on any atom is 0.326 e. The SMILES string of the molecule is CC[C@H](C)[C@H](NC(=O)[C@H](CCC(=O)O)NC(=O)[C@H](CCCN=C(N)N)NC(=O)[C@@H](N)CC(=O)O)C(=O)N[C@@H](CCSC)C(=O)N[C@@H](CCCN=C(N)N)C(=O)O. The number of nitrogens with one attached hydrogen (secondary N) is 5. The first-order valence-electron chi connectivity index (χ1n) is 17.8. The van der Waals surface area contributed by atoms with Crippen molar-refractivity contribution in [3.05, 3.63) is 0 Å². The number of aliphatic imine (C=N–C) groups is 2. The maximum atomic E-state index is 13.7. The van der Waals surface area contributed by atoms with Gasteiger partial charge >= 0.3 is 17.9 Å². The van der Waals surface area contributed by atoms with Gasteiger partial charge in [-0.2, -0.15) is 11.8 Å². The van der Waals surface area contributed by atoms with E-state index >= 15 is 0 Å². The van der Waals surface area contributed by atoms with E-state index in [1.54, 1.807) is 20.1 Å². The molecule has 0 rings (SSSR count). The molecule has 0 aliphatic heterocycles. The van der Waals surface area contributed by atoms with Crippen molar-refractivity contribution in [1.82, 2.24) is 26.6 Å². The van der Waals surface area contributed by atoms with Crippen molar-refractivity contribution in [2.24, 2.45) is 44.6 Å². The molecular formula is C32H58N12O11S. The first-order chi connectivity index (χ1) is 26.2. The van der Waals surface area contributed by atoms with Crippen molar-refractivity contribution < 1.29 is 53.7 Å². The largest absolute Gasteiger partial charge is 0.481 e. The molecule has 23 nitrogen and oxygen atoms in total. The van der Waals surface area contributed by atoms with Gasteiger partial charge in [0.25, 0.3) is 0 Å². The molecule has 0 unspecified atom stereocenters. The Morgan fingerprint density at radius 1 is 0.625 bits per heavy atom. The molecule has 5 amide bonds. The number of aliphatic carboxylic acids is 3. The number of rotatable bonds is 29. The first-order valence-corrected chi connectivity index (χ1v) is 19.2. The molecule has 0 aliphatic rings. The molecule has 56 heavy (non-hydrogen) atoms. The van der Waals surface area contributed by atoms with Gasteiger partial charge in [0.15, 0.2) is 11.9 Å². The Labute approximate surface area is 328 Å². The lowest BCUT2D eigenvalue weighted by atomic mass is 9.96. The molecular weight excluding hydrogens is 760 g/mol. The topological polar surface area (TPSA) is 412 Å². The molecule has 0 saturated carbocycles. The van der Waals surface area contributed by atoms with Gasteiger partial charge in [0, 0.05) is 19.5 Å². The van der Waals surface area contributed by atoms with Crippen molar-refractivity contribution in [1.29, 1.82) is 0 Å². The lowest BCUT2D eigenvalue weighted by Gasteiger charge is -2.29. The fraction of sp³-hybridized carbons (Fsp3) is 0.688. The third kappa shape index (κ3) is 21.5. The standard InChI is InChI=1S/C32H58N12O11S/c1-4-16(2)24(29(53)42-20(11-14-56-3)27(51)43-21(30(54)55)8-6-13-39-32(36)37)44-28(52)19(9-10-22(45)46)41-26(50)18(7-5-12-38-31(34)35)40-25(49)17(33)15-23(47)48/h16-21,24H,4-15,33H2,1-3H3,(H,40,49)(H,41,50)(H,42,53)(H,43,51)(H,44,52)(H,45,46)(H,47,48)(H,54,55)(H4,34,35,38)(H4,36,37,39)/t16-,17-,18-,19-,20-,21-,24-/m0/s1. The minimum atomic E-state index is -1.56. The number of hydrogen-bond acceptors (Lipinski definition) is 12. The summed E-state index contributed by atoms with van der Waals surface area (Å²) < 4.78 is 0. The maximum absolute atomic E-state index is 13.7. The lowest BCUT2D eigenvalue weighted by molar-refractivity contribution is -0.142. The van der Waals surface area contributed by atoms with Gasteiger partial charge in [-0.1, -0.05) is 20.3 Å². The van der Waals surface area contributed by atoms with Crippen LogP contribution in [0.4, 0.5) is 0 Å². The van der Waals surface area contributed by atoms with Crippen molar-refractivity contribution in [2.45, 2.75) is 108 Å². The summed E-state index contributed by atoms with van der Waals surface area (Å²) in [5.74, 6) is -9.13. The molecule has 7 atom stereocenters. The number of guanidine groups is 2. The Balaban J connectivity index is 6.31. The summed E-state index contributed by atoms with van der Waals surface area (Å²) in [5.41, 5.74) is 26.9. The molecule has 24 heteroatoms. The molecule has 0 saturated heterocycles. The van der Waals surface area contributed by atoms with Crippen LogP contribution in [-0.2, 0) is 38.4 Å². The van der Waals surface area contributed by atoms with Crippen LogP contribution in [0.1, 0.15) is 71.6 Å². The Morgan fingerprint density at radius 3 is 1.54 bits per heavy atom. The van der Waals surface area contributed by atoms with E-state index in [1.807, 2.05) is 0 Å². The van der Waals surface area contributed by atoms with E-state index in [-0.39, 0.29) is 57.1 Å². The number of carboxylic acids is 3. The Bertz CT molecular complexity index is 1410. The molecule has 0 aromatic rings. The normalized spacial score (nSPS) is 14.5. The number of nitrogens with zero attached hydrogens (tertiary/aromatic N) is 2. The van der Waals surface area contributed by atoms with Gasteiger partial charge in [-0.25, -0.2) is 4.79 Å². The minimum Gasteiger partial charge on any atom is -0.481 e. The van der Waals surface area contributed by atoms with Crippen LogP contribution in [0, 0.1) is 5.92 Å². The van der Waals surface area contributed by atoms with Crippen molar-refractivity contribution >= 4 is 71.1 Å². The van der Waals surface area contributed by atoms with Gasteiger partial charge in [0.2, 0.25) is 29.5 Å². The quantitative estimate of drug-likeness (QED) is 0.0195.